The molecule has 2 aromatic heterocycles. The molecule has 0 bridgehead atoms. The summed E-state index contributed by atoms with van der Waals surface area (Å²) in [7, 11) is 0. The van der Waals surface area contributed by atoms with E-state index in [-0.39, 0.29) is 56.1 Å². The first kappa shape index (κ1) is 33.7. The highest BCUT2D eigenvalue weighted by Gasteiger charge is 2.34. The third kappa shape index (κ3) is 6.15. The Labute approximate surface area is 295 Å². The van der Waals surface area contributed by atoms with Gasteiger partial charge in [-0.2, -0.15) is 26.3 Å². The molecule has 8 aromatic rings. The van der Waals surface area contributed by atoms with Crippen LogP contribution < -0.4 is 0 Å². The van der Waals surface area contributed by atoms with Gasteiger partial charge in [0.25, 0.3) is 0 Å². The van der Waals surface area contributed by atoms with Gasteiger partial charge in [0.15, 0.2) is 17.5 Å². The first-order valence-corrected chi connectivity index (χ1v) is 16.1. The van der Waals surface area contributed by atoms with Gasteiger partial charge in [0.05, 0.1) is 33.4 Å². The van der Waals surface area contributed by atoms with E-state index in [9.17, 15) is 26.3 Å². The lowest BCUT2D eigenvalue weighted by atomic mass is 10.00. The number of rotatable bonds is 5. The Morgan fingerprint density at radius 1 is 0.434 bits per heavy atom. The topological polar surface area (TPSA) is 43.6 Å². The fourth-order valence-corrected chi connectivity index (χ4v) is 6.39. The highest BCUT2D eigenvalue weighted by molar-refractivity contribution is 6.10. The Morgan fingerprint density at radius 2 is 0.906 bits per heavy atom. The molecule has 0 unspecified atom stereocenters. The van der Waals surface area contributed by atoms with E-state index >= 15 is 8.78 Å². The second kappa shape index (κ2) is 12.7. The molecule has 0 fully saturated rings. The first-order chi connectivity index (χ1) is 25.4. The second-order valence-electron chi connectivity index (χ2n) is 12.2. The van der Waals surface area contributed by atoms with Crippen LogP contribution in [-0.2, 0) is 12.4 Å². The van der Waals surface area contributed by atoms with Gasteiger partial charge in [-0.05, 0) is 54.1 Å². The maximum Gasteiger partial charge on any atom is 0.416 e. The molecule has 12 heteroatoms. The summed E-state index contributed by atoms with van der Waals surface area (Å²) >= 11 is 0. The van der Waals surface area contributed by atoms with Crippen molar-refractivity contribution in [2.24, 2.45) is 0 Å². The quantitative estimate of drug-likeness (QED) is 0.166. The van der Waals surface area contributed by atoms with E-state index in [2.05, 4.69) is 4.98 Å². The van der Waals surface area contributed by atoms with Gasteiger partial charge in [0.1, 0.15) is 11.6 Å². The summed E-state index contributed by atoms with van der Waals surface area (Å²) < 4.78 is 117. The highest BCUT2D eigenvalue weighted by atomic mass is 19.4. The van der Waals surface area contributed by atoms with E-state index < -0.39 is 40.7 Å². The van der Waals surface area contributed by atoms with Gasteiger partial charge >= 0.3 is 12.4 Å². The third-order valence-electron chi connectivity index (χ3n) is 8.85. The molecule has 2 heterocycles. The molecule has 0 N–H and O–H groups in total. The molecular weight excluding hydrogens is 700 g/mol. The lowest BCUT2D eigenvalue weighted by Crippen LogP contribution is -2.07. The monoisotopic (exact) mass is 722 g/mol. The lowest BCUT2D eigenvalue weighted by molar-refractivity contribution is -0.138. The summed E-state index contributed by atoms with van der Waals surface area (Å²) in [5.41, 5.74) is -1.51. The molecule has 0 atom stereocenters. The van der Waals surface area contributed by atoms with Gasteiger partial charge in [-0.3, -0.25) is 0 Å². The Balaban J connectivity index is 1.52. The maximum atomic E-state index is 15.3. The van der Waals surface area contributed by atoms with E-state index in [4.69, 9.17) is 9.97 Å². The number of nitrogens with zero attached hydrogens (tertiary/aromatic N) is 4. The van der Waals surface area contributed by atoms with Gasteiger partial charge in [-0.15, -0.1) is 0 Å². The number of alkyl halides is 6. The Hall–Kier alpha value is -6.43. The summed E-state index contributed by atoms with van der Waals surface area (Å²) in [6.45, 7) is 0. The van der Waals surface area contributed by atoms with Crippen LogP contribution in [0.25, 0.3) is 72.8 Å². The Kier molecular flexibility index (Phi) is 8.05. The standard InChI is InChI=1S/C41H22F8N4/c42-31-12-7-13-32(43)36(31)25-14-17-30(39-51-37(23-8-3-1-4-9-23)50-38(52-39)24-10-5-2-6-11-24)33(20-25)53-34-21-26(40(44,45)46)15-18-28(34)29-19-16-27(22-35(29)53)41(47,48)49/h1-22H. The predicted molar refractivity (Wildman–Crippen MR) is 186 cm³/mol. The van der Waals surface area contributed by atoms with Crippen molar-refractivity contribution in [3.05, 3.63) is 156 Å². The van der Waals surface area contributed by atoms with Crippen LogP contribution in [0.2, 0.25) is 0 Å². The average molecular weight is 723 g/mol. The van der Waals surface area contributed by atoms with Gasteiger partial charge in [0, 0.05) is 27.5 Å². The van der Waals surface area contributed by atoms with Crippen LogP contribution in [0.4, 0.5) is 35.1 Å². The number of halogens is 8. The van der Waals surface area contributed by atoms with Crippen molar-refractivity contribution in [2.45, 2.75) is 12.4 Å². The molecule has 0 radical (unpaired) electrons. The molecule has 4 nitrogen and oxygen atoms in total. The average Bonchev–Trinajstić information content (AvgIpc) is 3.47. The van der Waals surface area contributed by atoms with Gasteiger partial charge in [0.2, 0.25) is 0 Å². The Morgan fingerprint density at radius 3 is 1.38 bits per heavy atom. The van der Waals surface area contributed by atoms with Gasteiger partial charge in [-0.25, -0.2) is 23.7 Å². The fourth-order valence-electron chi connectivity index (χ4n) is 6.39. The largest absolute Gasteiger partial charge is 0.416 e. The van der Waals surface area contributed by atoms with Crippen LogP contribution in [0.3, 0.4) is 0 Å². The zero-order valence-electron chi connectivity index (χ0n) is 27.0. The minimum absolute atomic E-state index is 0.00205. The van der Waals surface area contributed by atoms with Gasteiger partial charge < -0.3 is 4.57 Å². The van der Waals surface area contributed by atoms with Crippen LogP contribution >= 0.6 is 0 Å². The first-order valence-electron chi connectivity index (χ1n) is 16.1. The second-order valence-corrected chi connectivity index (χ2v) is 12.2. The SMILES string of the molecule is Fc1cccc(F)c1-c1ccc(-c2nc(-c3ccccc3)nc(-c3ccccc3)n2)c(-n2c3cc(C(F)(F)F)ccc3c3ccc(C(F)(F)F)cc32)c1. The minimum Gasteiger partial charge on any atom is -0.308 e. The van der Waals surface area contributed by atoms with Gasteiger partial charge in [-0.1, -0.05) is 84.9 Å². The molecule has 0 aliphatic heterocycles. The van der Waals surface area contributed by atoms with E-state index in [0.717, 1.165) is 36.4 Å². The van der Waals surface area contributed by atoms with E-state index in [1.54, 1.807) is 60.7 Å². The molecule has 53 heavy (non-hydrogen) atoms. The Bertz CT molecular complexity index is 2520. The summed E-state index contributed by atoms with van der Waals surface area (Å²) in [6, 6.07) is 30.9. The van der Waals surface area contributed by atoms with Crippen molar-refractivity contribution < 1.29 is 35.1 Å². The summed E-state index contributed by atoms with van der Waals surface area (Å²) in [5.74, 6) is -1.40. The van der Waals surface area contributed by atoms with Crippen LogP contribution in [0.1, 0.15) is 11.1 Å². The number of hydrogen-bond acceptors (Lipinski definition) is 3. The van der Waals surface area contributed by atoms with E-state index in [1.807, 2.05) is 0 Å². The van der Waals surface area contributed by atoms with E-state index in [0.29, 0.717) is 11.1 Å². The van der Waals surface area contributed by atoms with Crippen molar-refractivity contribution in [3.8, 4) is 51.0 Å². The fraction of sp³-hybridized carbons (Fsp3) is 0.0488. The number of benzene rings is 6. The lowest BCUT2D eigenvalue weighted by Gasteiger charge is -2.17. The smallest absolute Gasteiger partial charge is 0.308 e. The summed E-state index contributed by atoms with van der Waals surface area (Å²) in [4.78, 5) is 14.2. The van der Waals surface area contributed by atoms with Crippen LogP contribution in [0, 0.1) is 11.6 Å². The number of hydrogen-bond donors (Lipinski definition) is 0. The predicted octanol–water partition coefficient (Wildman–Crippen LogP) is 12.0. The molecule has 0 aliphatic carbocycles. The summed E-state index contributed by atoms with van der Waals surface area (Å²) in [6.07, 6.45) is -9.62. The van der Waals surface area contributed by atoms with Crippen molar-refractivity contribution in [3.63, 3.8) is 0 Å². The molecule has 0 amide bonds. The number of aromatic nitrogens is 4. The van der Waals surface area contributed by atoms with Crippen molar-refractivity contribution in [2.75, 3.05) is 0 Å². The molecule has 6 aromatic carbocycles. The maximum absolute atomic E-state index is 15.3. The number of fused-ring (bicyclic) bond motifs is 3. The van der Waals surface area contributed by atoms with Crippen molar-refractivity contribution in [1.82, 2.24) is 19.5 Å². The molecule has 0 aliphatic rings. The molecule has 0 saturated carbocycles. The van der Waals surface area contributed by atoms with E-state index in [1.165, 1.54) is 41.0 Å². The van der Waals surface area contributed by atoms with Crippen LogP contribution in [-0.4, -0.2) is 19.5 Å². The normalized spacial score (nSPS) is 12.2. The molecule has 0 saturated heterocycles. The minimum atomic E-state index is -4.81. The van der Waals surface area contributed by atoms with Crippen molar-refractivity contribution in [1.29, 1.82) is 0 Å². The molecule has 0 spiro atoms. The van der Waals surface area contributed by atoms with Crippen LogP contribution in [0.15, 0.2) is 133 Å². The molecule has 262 valence electrons. The highest BCUT2D eigenvalue weighted by Crippen LogP contribution is 2.42. The molecule has 8 rings (SSSR count). The summed E-state index contributed by atoms with van der Waals surface area (Å²) in [5, 5.41) is 0.418. The third-order valence-corrected chi connectivity index (χ3v) is 8.85. The zero-order chi connectivity index (χ0) is 37.1. The molecular formula is C41H22F8N4. The zero-order valence-corrected chi connectivity index (χ0v) is 27.0. The van der Waals surface area contributed by atoms with Crippen molar-refractivity contribution >= 4 is 21.8 Å². The van der Waals surface area contributed by atoms with Crippen LogP contribution in [0.5, 0.6) is 0 Å².